The molecule has 0 saturated carbocycles. The quantitative estimate of drug-likeness (QED) is 0.836. The average molecular weight is 393 g/mol. The molecule has 1 unspecified atom stereocenters. The van der Waals surface area contributed by atoms with Gasteiger partial charge in [-0.3, -0.25) is 0 Å². The topological polar surface area (TPSA) is 49.4 Å². The fourth-order valence-corrected chi connectivity index (χ4v) is 6.24. The number of aryl methyl sites for hydroxylation is 1. The van der Waals surface area contributed by atoms with E-state index in [9.17, 15) is 8.42 Å². The Kier molecular flexibility index (Phi) is 5.76. The molecule has 1 aliphatic heterocycles. The van der Waals surface area contributed by atoms with Crippen molar-refractivity contribution in [2.45, 2.75) is 30.8 Å². The molecule has 0 aromatic heterocycles. The normalized spacial score (nSPS) is 19.4. The predicted octanol–water partition coefficient (Wildman–Crippen LogP) is 2.60. The zero-order valence-corrected chi connectivity index (χ0v) is 15.7. The first-order valence-corrected chi connectivity index (χ1v) is 10.3. The molecule has 4 nitrogen and oxygen atoms in total. The molecule has 0 radical (unpaired) electrons. The maximum Gasteiger partial charge on any atom is 0.244 e. The van der Waals surface area contributed by atoms with Gasteiger partial charge in [-0.05, 0) is 59.3 Å². The lowest BCUT2D eigenvalue weighted by Gasteiger charge is -2.24. The van der Waals surface area contributed by atoms with Crippen molar-refractivity contribution in [2.75, 3.05) is 25.6 Å². The Bertz CT molecular complexity index is 614. The Morgan fingerprint density at radius 2 is 2.19 bits per heavy atom. The SMILES string of the molecule is CNCc1cc(C)c(Br)c(S(=O)(=O)N(C)C2CCSC2)c1. The Balaban J connectivity index is 2.43. The molecule has 1 saturated heterocycles. The lowest BCUT2D eigenvalue weighted by atomic mass is 10.1. The van der Waals surface area contributed by atoms with E-state index in [1.807, 2.05) is 31.8 Å². The summed E-state index contributed by atoms with van der Waals surface area (Å²) >= 11 is 5.26. The molecular weight excluding hydrogens is 372 g/mol. The van der Waals surface area contributed by atoms with Gasteiger partial charge >= 0.3 is 0 Å². The van der Waals surface area contributed by atoms with Gasteiger partial charge < -0.3 is 5.32 Å². The van der Waals surface area contributed by atoms with E-state index in [2.05, 4.69) is 21.2 Å². The van der Waals surface area contributed by atoms with Crippen LogP contribution in [-0.2, 0) is 16.6 Å². The van der Waals surface area contributed by atoms with E-state index < -0.39 is 10.0 Å². The number of sulfonamides is 1. The number of halogens is 1. The van der Waals surface area contributed by atoms with Gasteiger partial charge in [0.15, 0.2) is 0 Å². The number of benzene rings is 1. The second kappa shape index (κ2) is 7.00. The molecule has 7 heteroatoms. The first kappa shape index (κ1) is 17.3. The van der Waals surface area contributed by atoms with E-state index >= 15 is 0 Å². The highest BCUT2D eigenvalue weighted by molar-refractivity contribution is 9.10. The van der Waals surface area contributed by atoms with Crippen LogP contribution in [0.25, 0.3) is 0 Å². The maximum atomic E-state index is 12.9. The third kappa shape index (κ3) is 3.64. The molecule has 1 heterocycles. The minimum atomic E-state index is -3.47. The summed E-state index contributed by atoms with van der Waals surface area (Å²) in [5.74, 6) is 1.91. The van der Waals surface area contributed by atoms with Crippen molar-refractivity contribution < 1.29 is 8.42 Å². The van der Waals surface area contributed by atoms with Crippen LogP contribution in [-0.4, -0.2) is 44.4 Å². The monoisotopic (exact) mass is 392 g/mol. The number of hydrogen-bond donors (Lipinski definition) is 1. The van der Waals surface area contributed by atoms with Crippen molar-refractivity contribution >= 4 is 37.7 Å². The van der Waals surface area contributed by atoms with Gasteiger partial charge in [0.1, 0.15) is 0 Å². The third-order valence-electron chi connectivity index (χ3n) is 3.74. The van der Waals surface area contributed by atoms with Crippen molar-refractivity contribution in [1.29, 1.82) is 0 Å². The molecule has 1 aromatic rings. The van der Waals surface area contributed by atoms with Crippen LogP contribution in [0.3, 0.4) is 0 Å². The van der Waals surface area contributed by atoms with Crippen LogP contribution >= 0.6 is 27.7 Å². The summed E-state index contributed by atoms with van der Waals surface area (Å²) in [6.07, 6.45) is 0.924. The fraction of sp³-hybridized carbons (Fsp3) is 0.571. The van der Waals surface area contributed by atoms with Crippen LogP contribution in [0.4, 0.5) is 0 Å². The molecule has 2 rings (SSSR count). The van der Waals surface area contributed by atoms with Crippen LogP contribution in [0, 0.1) is 6.92 Å². The molecule has 118 valence electrons. The first-order chi connectivity index (χ1) is 9.87. The van der Waals surface area contributed by atoms with E-state index in [-0.39, 0.29) is 6.04 Å². The molecule has 0 aliphatic carbocycles. The van der Waals surface area contributed by atoms with Gasteiger partial charge in [0.2, 0.25) is 10.0 Å². The zero-order valence-electron chi connectivity index (χ0n) is 12.5. The molecule has 1 N–H and O–H groups in total. The summed E-state index contributed by atoms with van der Waals surface area (Å²) in [5, 5.41) is 3.07. The smallest absolute Gasteiger partial charge is 0.244 e. The lowest BCUT2D eigenvalue weighted by molar-refractivity contribution is 0.394. The highest BCUT2D eigenvalue weighted by Gasteiger charge is 2.32. The molecule has 0 spiro atoms. The van der Waals surface area contributed by atoms with Crippen LogP contribution in [0.1, 0.15) is 17.5 Å². The average Bonchev–Trinajstić information content (AvgIpc) is 2.95. The number of nitrogens with one attached hydrogen (secondary N) is 1. The molecular formula is C14H21BrN2O2S2. The number of thioether (sulfide) groups is 1. The van der Waals surface area contributed by atoms with E-state index in [4.69, 9.17) is 0 Å². The summed E-state index contributed by atoms with van der Waals surface area (Å²) in [6.45, 7) is 2.58. The molecule has 1 atom stereocenters. The Morgan fingerprint density at radius 1 is 1.48 bits per heavy atom. The van der Waals surface area contributed by atoms with Crippen molar-refractivity contribution in [1.82, 2.24) is 9.62 Å². The zero-order chi connectivity index (χ0) is 15.6. The summed E-state index contributed by atoms with van der Waals surface area (Å²) in [7, 11) is 0.0764. The van der Waals surface area contributed by atoms with Gasteiger partial charge in [0.25, 0.3) is 0 Å². The Morgan fingerprint density at radius 3 is 2.76 bits per heavy atom. The number of hydrogen-bond acceptors (Lipinski definition) is 4. The Hall–Kier alpha value is -0.0800. The number of rotatable bonds is 5. The molecule has 1 fully saturated rings. The standard InChI is InChI=1S/C14H21BrN2O2S2/c1-10-6-11(8-16-2)7-13(14(10)15)21(18,19)17(3)12-4-5-20-9-12/h6-7,12,16H,4-5,8-9H2,1-3H3. The van der Waals surface area contributed by atoms with Gasteiger partial charge in [0.05, 0.1) is 4.90 Å². The van der Waals surface area contributed by atoms with E-state index in [1.54, 1.807) is 13.1 Å². The van der Waals surface area contributed by atoms with E-state index in [0.29, 0.717) is 15.9 Å². The van der Waals surface area contributed by atoms with Gasteiger partial charge in [-0.25, -0.2) is 8.42 Å². The predicted molar refractivity (Wildman–Crippen MR) is 92.3 cm³/mol. The van der Waals surface area contributed by atoms with E-state index in [0.717, 1.165) is 29.1 Å². The largest absolute Gasteiger partial charge is 0.316 e. The molecule has 0 amide bonds. The second-order valence-electron chi connectivity index (χ2n) is 5.29. The summed E-state index contributed by atoms with van der Waals surface area (Å²) in [6, 6.07) is 3.87. The van der Waals surface area contributed by atoms with Gasteiger partial charge in [-0.15, -0.1) is 0 Å². The summed E-state index contributed by atoms with van der Waals surface area (Å²) in [5.41, 5.74) is 1.92. The van der Waals surface area contributed by atoms with Crippen molar-refractivity contribution in [3.63, 3.8) is 0 Å². The second-order valence-corrected chi connectivity index (χ2v) is 9.20. The van der Waals surface area contributed by atoms with Crippen molar-refractivity contribution in [3.8, 4) is 0 Å². The maximum absolute atomic E-state index is 12.9. The highest BCUT2D eigenvalue weighted by Crippen LogP contribution is 2.32. The van der Waals surface area contributed by atoms with Crippen molar-refractivity contribution in [2.24, 2.45) is 0 Å². The Labute approximate surface area is 139 Å². The van der Waals surface area contributed by atoms with Crippen LogP contribution in [0.2, 0.25) is 0 Å². The summed E-state index contributed by atoms with van der Waals surface area (Å²) < 4.78 is 28.0. The summed E-state index contributed by atoms with van der Waals surface area (Å²) in [4.78, 5) is 0.368. The van der Waals surface area contributed by atoms with Gasteiger partial charge in [-0.1, -0.05) is 6.07 Å². The molecule has 1 aliphatic rings. The molecule has 1 aromatic carbocycles. The highest BCUT2D eigenvalue weighted by atomic mass is 79.9. The van der Waals surface area contributed by atoms with Gasteiger partial charge in [0, 0.05) is 29.9 Å². The minimum Gasteiger partial charge on any atom is -0.316 e. The third-order valence-corrected chi connectivity index (χ3v) is 8.13. The first-order valence-electron chi connectivity index (χ1n) is 6.87. The lowest BCUT2D eigenvalue weighted by Crippen LogP contribution is -2.37. The minimum absolute atomic E-state index is 0.0974. The van der Waals surface area contributed by atoms with E-state index in [1.165, 1.54) is 4.31 Å². The van der Waals surface area contributed by atoms with Crippen LogP contribution in [0.15, 0.2) is 21.5 Å². The molecule has 21 heavy (non-hydrogen) atoms. The number of nitrogens with zero attached hydrogens (tertiary/aromatic N) is 1. The van der Waals surface area contributed by atoms with Crippen LogP contribution < -0.4 is 5.32 Å². The van der Waals surface area contributed by atoms with Crippen LogP contribution in [0.5, 0.6) is 0 Å². The molecule has 0 bridgehead atoms. The van der Waals surface area contributed by atoms with Crippen molar-refractivity contribution in [3.05, 3.63) is 27.7 Å². The fourth-order valence-electron chi connectivity index (χ4n) is 2.46. The van der Waals surface area contributed by atoms with Gasteiger partial charge in [-0.2, -0.15) is 16.1 Å².